The normalized spacial score (nSPS) is 16.0. The van der Waals surface area contributed by atoms with Gasteiger partial charge in [-0.25, -0.2) is 14.8 Å². The molecule has 0 bridgehead atoms. The van der Waals surface area contributed by atoms with E-state index in [1.807, 2.05) is 64.4 Å². The van der Waals surface area contributed by atoms with Crippen molar-refractivity contribution in [1.82, 2.24) is 19.4 Å². The highest BCUT2D eigenvalue weighted by atomic mass is 35.5. The summed E-state index contributed by atoms with van der Waals surface area (Å²) in [6.07, 6.45) is 3.06. The number of thiazole rings is 1. The van der Waals surface area contributed by atoms with Crippen molar-refractivity contribution in [1.29, 1.82) is 0 Å². The van der Waals surface area contributed by atoms with Crippen molar-refractivity contribution in [2.24, 2.45) is 0 Å². The third-order valence-electron chi connectivity index (χ3n) is 7.92. The molecule has 2 aromatic heterocycles. The number of ether oxygens (including phenoxy) is 1. The second-order valence-electron chi connectivity index (χ2n) is 12.2. The summed E-state index contributed by atoms with van der Waals surface area (Å²) in [4.78, 5) is 24.8. The molecule has 0 aliphatic carbocycles. The van der Waals surface area contributed by atoms with E-state index < -0.39 is 17.7 Å². The molecular weight excluding hydrogens is 568 g/mol. The summed E-state index contributed by atoms with van der Waals surface area (Å²) >= 11 is 7.80. The Morgan fingerprint density at radius 2 is 1.76 bits per heavy atom. The average molecular weight is 603 g/mol. The number of carboxylic acids is 1. The lowest BCUT2D eigenvalue weighted by Gasteiger charge is -2.30. The number of hydrogen-bond acceptors (Lipinski definition) is 6. The molecule has 1 N–H and O–H groups in total. The molecule has 0 radical (unpaired) electrons. The second kappa shape index (κ2) is 11.1. The van der Waals surface area contributed by atoms with Crippen LogP contribution < -0.4 is 0 Å². The van der Waals surface area contributed by atoms with Gasteiger partial charge in [0.2, 0.25) is 0 Å². The Hall–Kier alpha value is -3.30. The van der Waals surface area contributed by atoms with Gasteiger partial charge in [-0.05, 0) is 108 Å². The number of hydrogen-bond donors (Lipinski definition) is 1. The highest BCUT2D eigenvalue weighted by molar-refractivity contribution is 7.22. The minimum Gasteiger partial charge on any atom is -0.479 e. The smallest absolute Gasteiger partial charge is 0.337 e. The monoisotopic (exact) mass is 602 g/mol. The van der Waals surface area contributed by atoms with E-state index in [2.05, 4.69) is 34.7 Å². The standard InChI is InChI=1S/C33H35ClN4O3S/c1-19-16-25-30(28(20-6-9-22(34)10-7-20)27(19)29(32(39)40)41-33(2,3)4)42-31(36-25)21-8-11-26-24(17-21)35-18-38(26)23-12-14-37(5)15-13-23/h6-11,16-18,23,29H,12-15H2,1-5H3,(H,39,40). The van der Waals surface area contributed by atoms with Gasteiger partial charge in [-0.15, -0.1) is 11.3 Å². The van der Waals surface area contributed by atoms with Gasteiger partial charge in [-0.2, -0.15) is 0 Å². The molecule has 218 valence electrons. The zero-order chi connectivity index (χ0) is 29.8. The number of aliphatic carboxylic acids is 1. The molecule has 0 saturated carbocycles. The third kappa shape index (κ3) is 5.56. The summed E-state index contributed by atoms with van der Waals surface area (Å²) in [5.74, 6) is -1.03. The fourth-order valence-electron chi connectivity index (χ4n) is 5.89. The Kier molecular flexibility index (Phi) is 7.60. The molecule has 1 aliphatic rings. The van der Waals surface area contributed by atoms with Crippen molar-refractivity contribution in [3.63, 3.8) is 0 Å². The molecule has 1 atom stereocenters. The number of likely N-dealkylation sites (tertiary alicyclic amines) is 1. The number of aryl methyl sites for hydroxylation is 1. The predicted molar refractivity (Wildman–Crippen MR) is 171 cm³/mol. The molecule has 9 heteroatoms. The molecule has 5 aromatic rings. The van der Waals surface area contributed by atoms with E-state index >= 15 is 0 Å². The van der Waals surface area contributed by atoms with E-state index in [0.29, 0.717) is 16.6 Å². The molecular formula is C33H35ClN4O3S. The number of piperidine rings is 1. The lowest BCUT2D eigenvalue weighted by molar-refractivity contribution is -0.160. The van der Waals surface area contributed by atoms with Crippen molar-refractivity contribution in [2.75, 3.05) is 20.1 Å². The van der Waals surface area contributed by atoms with E-state index in [1.165, 1.54) is 0 Å². The number of halogens is 1. The minimum absolute atomic E-state index is 0.459. The van der Waals surface area contributed by atoms with Gasteiger partial charge in [0.15, 0.2) is 6.10 Å². The number of benzene rings is 3. The second-order valence-corrected chi connectivity index (χ2v) is 13.6. The van der Waals surface area contributed by atoms with E-state index in [9.17, 15) is 9.90 Å². The zero-order valence-electron chi connectivity index (χ0n) is 24.5. The fraction of sp³-hybridized carbons (Fsp3) is 0.364. The van der Waals surface area contributed by atoms with Gasteiger partial charge in [0, 0.05) is 27.8 Å². The van der Waals surface area contributed by atoms with Gasteiger partial charge < -0.3 is 19.3 Å². The molecule has 1 fully saturated rings. The molecule has 42 heavy (non-hydrogen) atoms. The SMILES string of the molecule is Cc1cc2nc(-c3ccc4c(c3)ncn4C3CCN(C)CC3)sc2c(-c2ccc(Cl)cc2)c1C(OC(C)(C)C)C(=O)O. The average Bonchev–Trinajstić information content (AvgIpc) is 3.55. The first kappa shape index (κ1) is 28.8. The predicted octanol–water partition coefficient (Wildman–Crippen LogP) is 8.15. The summed E-state index contributed by atoms with van der Waals surface area (Å²) in [6.45, 7) is 9.72. The molecule has 1 aliphatic heterocycles. The summed E-state index contributed by atoms with van der Waals surface area (Å²) in [6, 6.07) is 16.3. The van der Waals surface area contributed by atoms with Crippen LogP contribution in [0.4, 0.5) is 0 Å². The number of carbonyl (C=O) groups is 1. The number of fused-ring (bicyclic) bond motifs is 2. The van der Waals surface area contributed by atoms with Crippen molar-refractivity contribution in [2.45, 2.75) is 58.3 Å². The lowest BCUT2D eigenvalue weighted by atomic mass is 9.91. The third-order valence-corrected chi connectivity index (χ3v) is 9.31. The summed E-state index contributed by atoms with van der Waals surface area (Å²) in [7, 11) is 2.18. The van der Waals surface area contributed by atoms with E-state index in [0.717, 1.165) is 74.4 Å². The van der Waals surface area contributed by atoms with Crippen LogP contribution in [0.15, 0.2) is 54.9 Å². The van der Waals surface area contributed by atoms with Crippen LogP contribution in [0.3, 0.4) is 0 Å². The number of nitrogens with zero attached hydrogens (tertiary/aromatic N) is 4. The van der Waals surface area contributed by atoms with Crippen LogP contribution in [0, 0.1) is 6.92 Å². The Labute approximate surface area is 254 Å². The van der Waals surface area contributed by atoms with Crippen LogP contribution in [0.25, 0.3) is 42.9 Å². The maximum atomic E-state index is 12.6. The van der Waals surface area contributed by atoms with Crippen LogP contribution in [0.5, 0.6) is 0 Å². The molecule has 6 rings (SSSR count). The molecule has 3 heterocycles. The van der Waals surface area contributed by atoms with Crippen molar-refractivity contribution < 1.29 is 14.6 Å². The summed E-state index contributed by atoms with van der Waals surface area (Å²) in [5.41, 5.74) is 6.36. The molecule has 1 saturated heterocycles. The van der Waals surface area contributed by atoms with E-state index in [1.54, 1.807) is 11.3 Å². The molecule has 0 spiro atoms. The quantitative estimate of drug-likeness (QED) is 0.211. The Morgan fingerprint density at radius 3 is 2.43 bits per heavy atom. The Balaban J connectivity index is 1.48. The van der Waals surface area contributed by atoms with Crippen molar-refractivity contribution >= 4 is 50.2 Å². The van der Waals surface area contributed by atoms with E-state index in [4.69, 9.17) is 26.3 Å². The molecule has 1 unspecified atom stereocenters. The zero-order valence-corrected chi connectivity index (χ0v) is 26.1. The molecule has 3 aromatic carbocycles. The van der Waals surface area contributed by atoms with E-state index in [-0.39, 0.29) is 0 Å². The van der Waals surface area contributed by atoms with Crippen molar-refractivity contribution in [3.05, 3.63) is 71.0 Å². The highest BCUT2D eigenvalue weighted by Crippen LogP contribution is 2.44. The lowest BCUT2D eigenvalue weighted by Crippen LogP contribution is -2.31. The number of rotatable bonds is 6. The first-order valence-electron chi connectivity index (χ1n) is 14.2. The van der Waals surface area contributed by atoms with Gasteiger partial charge in [0.05, 0.1) is 33.2 Å². The Morgan fingerprint density at radius 1 is 1.07 bits per heavy atom. The van der Waals surface area contributed by atoms with Gasteiger partial charge in [0.25, 0.3) is 0 Å². The van der Waals surface area contributed by atoms with Crippen LogP contribution in [0.2, 0.25) is 5.02 Å². The van der Waals surface area contributed by atoms with Gasteiger partial charge in [-0.1, -0.05) is 23.7 Å². The van der Waals surface area contributed by atoms with Crippen LogP contribution in [0.1, 0.15) is 56.9 Å². The topological polar surface area (TPSA) is 80.5 Å². The number of imidazole rings is 1. The highest BCUT2D eigenvalue weighted by Gasteiger charge is 2.32. The van der Waals surface area contributed by atoms with Gasteiger partial charge >= 0.3 is 5.97 Å². The van der Waals surface area contributed by atoms with Crippen LogP contribution in [-0.2, 0) is 9.53 Å². The van der Waals surface area contributed by atoms with Gasteiger partial charge in [0.1, 0.15) is 5.01 Å². The molecule has 0 amide bonds. The molecule has 7 nitrogen and oxygen atoms in total. The fourth-order valence-corrected chi connectivity index (χ4v) is 7.14. The summed E-state index contributed by atoms with van der Waals surface area (Å²) in [5, 5.41) is 11.8. The van der Waals surface area contributed by atoms with Crippen molar-refractivity contribution in [3.8, 4) is 21.7 Å². The summed E-state index contributed by atoms with van der Waals surface area (Å²) < 4.78 is 9.37. The number of aromatic nitrogens is 3. The minimum atomic E-state index is -1.15. The first-order valence-corrected chi connectivity index (χ1v) is 15.4. The first-order chi connectivity index (χ1) is 20.0. The maximum absolute atomic E-state index is 12.6. The maximum Gasteiger partial charge on any atom is 0.337 e. The Bertz CT molecular complexity index is 1780. The van der Waals surface area contributed by atoms with Crippen LogP contribution in [-0.4, -0.2) is 56.2 Å². The largest absolute Gasteiger partial charge is 0.479 e. The number of carboxylic acid groups (broad SMARTS) is 1. The van der Waals surface area contributed by atoms with Crippen LogP contribution >= 0.6 is 22.9 Å². The van der Waals surface area contributed by atoms with Gasteiger partial charge in [-0.3, -0.25) is 0 Å².